The predicted molar refractivity (Wildman–Crippen MR) is 88.2 cm³/mol. The number of aliphatic hydroxyl groups is 1. The number of carboxylic acids is 1. The van der Waals surface area contributed by atoms with Crippen LogP contribution < -0.4 is 21.7 Å². The Morgan fingerprint density at radius 2 is 1.67 bits per heavy atom. The van der Waals surface area contributed by atoms with Crippen molar-refractivity contribution in [1.29, 1.82) is 0 Å². The van der Waals surface area contributed by atoms with E-state index in [-0.39, 0.29) is 13.0 Å². The van der Waals surface area contributed by atoms with Crippen molar-refractivity contribution in [1.82, 2.24) is 16.0 Å². The molecule has 0 fully saturated rings. The van der Waals surface area contributed by atoms with Gasteiger partial charge in [0.2, 0.25) is 17.7 Å². The largest absolute Gasteiger partial charge is 0.480 e. The van der Waals surface area contributed by atoms with Crippen molar-refractivity contribution >= 4 is 35.5 Å². The van der Waals surface area contributed by atoms with E-state index < -0.39 is 48.4 Å². The molecule has 3 amide bonds. The highest BCUT2D eigenvalue weighted by atomic mass is 32.2. The number of carbonyl (C=O) groups is 4. The number of nitrogens with one attached hydrogen (secondary N) is 3. The SMILES string of the molecule is CSCCC(NC(=O)C(CO)NC(=O)C(C)NC(=O)CN)C(=O)O. The number of thioether (sulfide) groups is 1. The summed E-state index contributed by atoms with van der Waals surface area (Å²) in [7, 11) is 0. The van der Waals surface area contributed by atoms with Crippen molar-refractivity contribution in [2.24, 2.45) is 5.73 Å². The summed E-state index contributed by atoms with van der Waals surface area (Å²) < 4.78 is 0. The fourth-order valence-corrected chi connectivity index (χ4v) is 2.09. The van der Waals surface area contributed by atoms with Gasteiger partial charge in [-0.1, -0.05) is 0 Å². The molecule has 138 valence electrons. The minimum atomic E-state index is -1.33. The minimum Gasteiger partial charge on any atom is -0.480 e. The second kappa shape index (κ2) is 11.6. The molecule has 0 aromatic carbocycles. The van der Waals surface area contributed by atoms with Crippen LogP contribution in [0.25, 0.3) is 0 Å². The van der Waals surface area contributed by atoms with Crippen LogP contribution in [0.5, 0.6) is 0 Å². The van der Waals surface area contributed by atoms with E-state index in [1.807, 2.05) is 0 Å². The van der Waals surface area contributed by atoms with Crippen LogP contribution in [0.15, 0.2) is 0 Å². The highest BCUT2D eigenvalue weighted by Gasteiger charge is 2.27. The third-order valence-electron chi connectivity index (χ3n) is 3.00. The zero-order chi connectivity index (χ0) is 18.7. The Morgan fingerprint density at radius 1 is 1.08 bits per heavy atom. The summed E-state index contributed by atoms with van der Waals surface area (Å²) in [6.45, 7) is 0.370. The second-order valence-corrected chi connectivity index (χ2v) is 5.90. The van der Waals surface area contributed by atoms with Gasteiger partial charge in [0.25, 0.3) is 0 Å². The average Bonchev–Trinajstić information content (AvgIpc) is 2.55. The van der Waals surface area contributed by atoms with Crippen molar-refractivity contribution in [3.63, 3.8) is 0 Å². The van der Waals surface area contributed by atoms with E-state index in [0.717, 1.165) is 0 Å². The van der Waals surface area contributed by atoms with Crippen molar-refractivity contribution < 1.29 is 29.4 Å². The molecule has 0 rings (SSSR count). The van der Waals surface area contributed by atoms with E-state index in [9.17, 15) is 24.3 Å². The fraction of sp³-hybridized carbons (Fsp3) is 0.692. The van der Waals surface area contributed by atoms with Crippen LogP contribution in [0, 0.1) is 0 Å². The maximum Gasteiger partial charge on any atom is 0.326 e. The third-order valence-corrected chi connectivity index (χ3v) is 3.64. The molecule has 0 aromatic heterocycles. The number of hydrogen-bond acceptors (Lipinski definition) is 7. The lowest BCUT2D eigenvalue weighted by atomic mass is 10.2. The van der Waals surface area contributed by atoms with Gasteiger partial charge < -0.3 is 31.9 Å². The summed E-state index contributed by atoms with van der Waals surface area (Å²) in [5.74, 6) is -2.76. The number of nitrogens with two attached hydrogens (primary N) is 1. The van der Waals surface area contributed by atoms with Gasteiger partial charge in [0.05, 0.1) is 13.2 Å². The van der Waals surface area contributed by atoms with Gasteiger partial charge >= 0.3 is 5.97 Å². The molecule has 0 aromatic rings. The quantitative estimate of drug-likeness (QED) is 0.229. The van der Waals surface area contributed by atoms with Gasteiger partial charge in [0, 0.05) is 0 Å². The van der Waals surface area contributed by atoms with Crippen LogP contribution in [-0.4, -0.2) is 77.2 Å². The summed E-state index contributed by atoms with van der Waals surface area (Å²) in [5, 5.41) is 25.1. The van der Waals surface area contributed by atoms with Crippen molar-refractivity contribution in [3.8, 4) is 0 Å². The second-order valence-electron chi connectivity index (χ2n) is 4.92. The van der Waals surface area contributed by atoms with E-state index in [1.165, 1.54) is 18.7 Å². The standard InChI is InChI=1S/C13H24N4O6S/c1-7(15-10(19)5-14)11(20)17-9(6-18)12(21)16-8(13(22)23)3-4-24-2/h7-9,18H,3-6,14H2,1-2H3,(H,15,19)(H,16,21)(H,17,20)(H,22,23). The Morgan fingerprint density at radius 3 is 2.12 bits per heavy atom. The zero-order valence-corrected chi connectivity index (χ0v) is 14.4. The highest BCUT2D eigenvalue weighted by molar-refractivity contribution is 7.98. The molecule has 0 aliphatic rings. The van der Waals surface area contributed by atoms with Crippen LogP contribution in [0.3, 0.4) is 0 Å². The van der Waals surface area contributed by atoms with E-state index >= 15 is 0 Å². The average molecular weight is 364 g/mol. The monoisotopic (exact) mass is 364 g/mol. The van der Waals surface area contributed by atoms with Gasteiger partial charge in [-0.25, -0.2) is 4.79 Å². The molecular formula is C13H24N4O6S. The summed E-state index contributed by atoms with van der Waals surface area (Å²) in [4.78, 5) is 46.1. The van der Waals surface area contributed by atoms with Crippen LogP contribution in [0.1, 0.15) is 13.3 Å². The number of aliphatic carboxylic acids is 1. The van der Waals surface area contributed by atoms with Crippen LogP contribution in [0.4, 0.5) is 0 Å². The molecule has 0 bridgehead atoms. The lowest BCUT2D eigenvalue weighted by Crippen LogP contribution is -2.56. The van der Waals surface area contributed by atoms with Gasteiger partial charge in [-0.3, -0.25) is 14.4 Å². The molecule has 0 radical (unpaired) electrons. The van der Waals surface area contributed by atoms with Crippen molar-refractivity contribution in [3.05, 3.63) is 0 Å². The maximum absolute atomic E-state index is 12.0. The van der Waals surface area contributed by atoms with Crippen LogP contribution in [0.2, 0.25) is 0 Å². The predicted octanol–water partition coefficient (Wildman–Crippen LogP) is -2.75. The number of carboxylic acid groups (broad SMARTS) is 1. The lowest BCUT2D eigenvalue weighted by Gasteiger charge is -2.21. The molecule has 0 aliphatic carbocycles. The first-order valence-corrected chi connectivity index (χ1v) is 8.58. The van der Waals surface area contributed by atoms with E-state index in [0.29, 0.717) is 5.75 Å². The Balaban J connectivity index is 4.70. The smallest absolute Gasteiger partial charge is 0.326 e. The zero-order valence-electron chi connectivity index (χ0n) is 13.6. The molecule has 0 heterocycles. The molecule has 0 spiro atoms. The Labute approximate surface area is 143 Å². The molecule has 0 aliphatic heterocycles. The van der Waals surface area contributed by atoms with Gasteiger partial charge in [0.15, 0.2) is 0 Å². The molecule has 0 saturated heterocycles. The number of aliphatic hydroxyl groups excluding tert-OH is 1. The topological polar surface area (TPSA) is 171 Å². The molecular weight excluding hydrogens is 340 g/mol. The van der Waals surface area contributed by atoms with Crippen molar-refractivity contribution in [2.45, 2.75) is 31.5 Å². The lowest BCUT2D eigenvalue weighted by molar-refractivity contribution is -0.142. The molecule has 0 saturated carbocycles. The molecule has 3 unspecified atom stereocenters. The number of rotatable bonds is 11. The molecule has 11 heteroatoms. The summed E-state index contributed by atoms with van der Waals surface area (Å²) in [5.41, 5.74) is 5.11. The first kappa shape index (κ1) is 22.1. The third kappa shape index (κ3) is 8.13. The van der Waals surface area contributed by atoms with E-state index in [1.54, 1.807) is 6.26 Å². The molecule has 10 nitrogen and oxygen atoms in total. The number of carbonyl (C=O) groups excluding carboxylic acids is 3. The van der Waals surface area contributed by atoms with Gasteiger partial charge in [0.1, 0.15) is 18.1 Å². The first-order chi connectivity index (χ1) is 11.3. The molecule has 7 N–H and O–H groups in total. The van der Waals surface area contributed by atoms with Gasteiger partial charge in [-0.2, -0.15) is 11.8 Å². The van der Waals surface area contributed by atoms with Crippen molar-refractivity contribution in [2.75, 3.05) is 25.2 Å². The Kier molecular flexibility index (Phi) is 10.8. The normalized spacial score (nSPS) is 14.2. The van der Waals surface area contributed by atoms with Gasteiger partial charge in [-0.15, -0.1) is 0 Å². The van der Waals surface area contributed by atoms with E-state index in [2.05, 4.69) is 16.0 Å². The highest BCUT2D eigenvalue weighted by Crippen LogP contribution is 2.01. The minimum absolute atomic E-state index is 0.206. The number of hydrogen-bond donors (Lipinski definition) is 6. The summed E-state index contributed by atoms with van der Waals surface area (Å²) in [6, 6.07) is -3.41. The summed E-state index contributed by atoms with van der Waals surface area (Å²) in [6.07, 6.45) is 2.01. The molecule has 3 atom stereocenters. The fourth-order valence-electron chi connectivity index (χ4n) is 1.62. The first-order valence-electron chi connectivity index (χ1n) is 7.19. The van der Waals surface area contributed by atoms with Gasteiger partial charge in [-0.05, 0) is 25.4 Å². The Hall–Kier alpha value is -1.85. The molecule has 24 heavy (non-hydrogen) atoms. The van der Waals surface area contributed by atoms with Crippen LogP contribution >= 0.6 is 11.8 Å². The van der Waals surface area contributed by atoms with Crippen LogP contribution in [-0.2, 0) is 19.2 Å². The summed E-state index contributed by atoms with van der Waals surface area (Å²) >= 11 is 1.43. The van der Waals surface area contributed by atoms with E-state index in [4.69, 9.17) is 10.8 Å². The Bertz CT molecular complexity index is 462. The number of amides is 3. The maximum atomic E-state index is 12.0.